The number of aromatic nitrogens is 1. The molecule has 0 bridgehead atoms. The van der Waals surface area contributed by atoms with Crippen LogP contribution in [0.1, 0.15) is 40.6 Å². The van der Waals surface area contributed by atoms with Crippen molar-refractivity contribution < 1.29 is 18.0 Å². The van der Waals surface area contributed by atoms with Gasteiger partial charge in [-0.05, 0) is 67.3 Å². The minimum atomic E-state index is -3.30. The van der Waals surface area contributed by atoms with E-state index in [0.717, 1.165) is 28.7 Å². The van der Waals surface area contributed by atoms with E-state index in [0.29, 0.717) is 42.9 Å². The summed E-state index contributed by atoms with van der Waals surface area (Å²) in [6.07, 6.45) is 1.90. The van der Waals surface area contributed by atoms with Gasteiger partial charge in [-0.15, -0.1) is 0 Å². The van der Waals surface area contributed by atoms with Crippen molar-refractivity contribution in [2.24, 2.45) is 0 Å². The number of anilines is 3. The highest BCUT2D eigenvalue weighted by molar-refractivity contribution is 7.92. The molecule has 1 N–H and O–H groups in total. The molecule has 7 rings (SSSR count). The predicted octanol–water partition coefficient (Wildman–Crippen LogP) is 4.36. The van der Waals surface area contributed by atoms with Gasteiger partial charge in [-0.2, -0.15) is 0 Å². The van der Waals surface area contributed by atoms with Crippen LogP contribution in [0.5, 0.6) is 0 Å². The number of sulfonamides is 1. The number of fused-ring (bicyclic) bond motifs is 6. The van der Waals surface area contributed by atoms with Gasteiger partial charge in [-0.1, -0.05) is 30.3 Å². The number of nitrogens with one attached hydrogen (secondary N) is 1. The van der Waals surface area contributed by atoms with E-state index in [2.05, 4.69) is 16.3 Å². The van der Waals surface area contributed by atoms with Crippen molar-refractivity contribution in [2.45, 2.75) is 32.0 Å². The molecular formula is C31H31N5O4S. The number of nitrogens with zero attached hydrogens (tertiary/aromatic N) is 4. The van der Waals surface area contributed by atoms with Gasteiger partial charge >= 0.3 is 0 Å². The Bertz CT molecular complexity index is 1800. The molecule has 41 heavy (non-hydrogen) atoms. The van der Waals surface area contributed by atoms with Gasteiger partial charge in [0.1, 0.15) is 12.7 Å². The van der Waals surface area contributed by atoms with Crippen molar-refractivity contribution in [2.75, 3.05) is 40.4 Å². The lowest BCUT2D eigenvalue weighted by Gasteiger charge is -2.46. The normalized spacial score (nSPS) is 19.5. The van der Waals surface area contributed by atoms with Crippen molar-refractivity contribution in [3.05, 3.63) is 89.6 Å². The number of hydrogen-bond donors (Lipinski definition) is 1. The monoisotopic (exact) mass is 569 g/mol. The first-order chi connectivity index (χ1) is 19.8. The van der Waals surface area contributed by atoms with Crippen LogP contribution in [0, 0.1) is 0 Å². The molecule has 0 saturated carbocycles. The van der Waals surface area contributed by atoms with Gasteiger partial charge in [0.15, 0.2) is 0 Å². The lowest BCUT2D eigenvalue weighted by molar-refractivity contribution is -0.116. The standard InChI is InChI=1S/C31H31N5O4S/c1-33-26-10-4-3-9-25(26)31(38)34-18-16-24-23-8-2-5-11-27(23)35(29(24)30(33)34)20-28(37)32-21-12-14-22(15-13-21)36-17-6-7-19-41(36,39)40/h2-5,8-15,30H,6-7,16-20H2,1H3,(H,32,37). The molecule has 4 heterocycles. The molecule has 3 aromatic carbocycles. The second kappa shape index (κ2) is 9.66. The SMILES string of the molecule is CN1c2ccccc2C(=O)N2CCc3c(n(CC(=O)Nc4ccc(N5CCCCS5(=O)=O)cc4)c4ccccc34)C21. The molecule has 9 nitrogen and oxygen atoms in total. The Hall–Kier alpha value is -4.31. The smallest absolute Gasteiger partial charge is 0.257 e. The summed E-state index contributed by atoms with van der Waals surface area (Å²) in [6, 6.07) is 22.7. The minimum Gasteiger partial charge on any atom is -0.349 e. The summed E-state index contributed by atoms with van der Waals surface area (Å²) in [5.41, 5.74) is 5.86. The van der Waals surface area contributed by atoms with Gasteiger partial charge in [0.2, 0.25) is 15.9 Å². The van der Waals surface area contributed by atoms with Crippen molar-refractivity contribution >= 4 is 49.8 Å². The number of rotatable bonds is 4. The third-order valence-electron chi connectivity index (χ3n) is 8.49. The Kier molecular flexibility index (Phi) is 6.04. The predicted molar refractivity (Wildman–Crippen MR) is 160 cm³/mol. The summed E-state index contributed by atoms with van der Waals surface area (Å²) in [7, 11) is -1.30. The van der Waals surface area contributed by atoms with Crippen LogP contribution >= 0.6 is 0 Å². The fourth-order valence-electron chi connectivity index (χ4n) is 6.61. The number of benzene rings is 3. The van der Waals surface area contributed by atoms with Gasteiger partial charge in [0, 0.05) is 36.7 Å². The Morgan fingerprint density at radius 2 is 1.71 bits per heavy atom. The maximum absolute atomic E-state index is 13.5. The highest BCUT2D eigenvalue weighted by atomic mass is 32.2. The van der Waals surface area contributed by atoms with E-state index in [-0.39, 0.29) is 30.3 Å². The first kappa shape index (κ1) is 25.6. The number of carbonyl (C=O) groups excluding carboxylic acids is 2. The Labute approximate surface area is 239 Å². The molecule has 3 aliphatic rings. The third kappa shape index (κ3) is 4.16. The van der Waals surface area contributed by atoms with Crippen molar-refractivity contribution in [3.63, 3.8) is 0 Å². The van der Waals surface area contributed by atoms with E-state index >= 15 is 0 Å². The highest BCUT2D eigenvalue weighted by Gasteiger charge is 2.42. The average molecular weight is 570 g/mol. The zero-order valence-electron chi connectivity index (χ0n) is 22.8. The summed E-state index contributed by atoms with van der Waals surface area (Å²) in [5.74, 6) is -0.0357. The molecule has 1 saturated heterocycles. The largest absolute Gasteiger partial charge is 0.349 e. The average Bonchev–Trinajstić information content (AvgIpc) is 3.29. The summed E-state index contributed by atoms with van der Waals surface area (Å²) in [5, 5.41) is 4.09. The first-order valence-electron chi connectivity index (χ1n) is 14.0. The summed E-state index contributed by atoms with van der Waals surface area (Å²) >= 11 is 0. The lowest BCUT2D eigenvalue weighted by Crippen LogP contribution is -2.51. The zero-order valence-corrected chi connectivity index (χ0v) is 23.6. The highest BCUT2D eigenvalue weighted by Crippen LogP contribution is 2.44. The van der Waals surface area contributed by atoms with Crippen molar-refractivity contribution in [3.8, 4) is 0 Å². The molecule has 10 heteroatoms. The molecule has 0 radical (unpaired) electrons. The van der Waals surface area contributed by atoms with Gasteiger partial charge in [-0.3, -0.25) is 13.9 Å². The van der Waals surface area contributed by atoms with Crippen molar-refractivity contribution in [1.29, 1.82) is 0 Å². The second-order valence-electron chi connectivity index (χ2n) is 10.9. The molecule has 1 fully saturated rings. The third-order valence-corrected chi connectivity index (χ3v) is 10.4. The van der Waals surface area contributed by atoms with E-state index in [4.69, 9.17) is 0 Å². The van der Waals surface area contributed by atoms with Crippen LogP contribution in [0.15, 0.2) is 72.8 Å². The number of hydrogen-bond acceptors (Lipinski definition) is 5. The quantitative estimate of drug-likeness (QED) is 0.394. The molecule has 0 aliphatic carbocycles. The second-order valence-corrected chi connectivity index (χ2v) is 12.9. The van der Waals surface area contributed by atoms with Crippen LogP contribution < -0.4 is 14.5 Å². The Morgan fingerprint density at radius 1 is 0.951 bits per heavy atom. The molecular weight excluding hydrogens is 538 g/mol. The summed E-state index contributed by atoms with van der Waals surface area (Å²) in [4.78, 5) is 31.1. The molecule has 4 aromatic rings. The Morgan fingerprint density at radius 3 is 2.51 bits per heavy atom. The van der Waals surface area contributed by atoms with E-state index in [9.17, 15) is 18.0 Å². The molecule has 1 aromatic heterocycles. The van der Waals surface area contributed by atoms with Crippen molar-refractivity contribution in [1.82, 2.24) is 9.47 Å². The van der Waals surface area contributed by atoms with Crippen LogP contribution in [-0.4, -0.2) is 55.6 Å². The maximum Gasteiger partial charge on any atom is 0.257 e. The summed E-state index contributed by atoms with van der Waals surface area (Å²) in [6.45, 7) is 1.15. The van der Waals surface area contributed by atoms with Gasteiger partial charge in [0.05, 0.1) is 28.4 Å². The van der Waals surface area contributed by atoms with Crippen LogP contribution in [0.25, 0.3) is 10.9 Å². The Balaban J connectivity index is 1.21. The molecule has 210 valence electrons. The minimum absolute atomic E-state index is 0.00594. The number of carbonyl (C=O) groups is 2. The molecule has 0 spiro atoms. The fourth-order valence-corrected chi connectivity index (χ4v) is 8.25. The van der Waals surface area contributed by atoms with E-state index in [1.165, 1.54) is 9.87 Å². The van der Waals surface area contributed by atoms with Crippen LogP contribution in [0.3, 0.4) is 0 Å². The van der Waals surface area contributed by atoms with E-state index < -0.39 is 10.0 Å². The summed E-state index contributed by atoms with van der Waals surface area (Å²) < 4.78 is 28.5. The van der Waals surface area contributed by atoms with Gasteiger partial charge in [0.25, 0.3) is 5.91 Å². The molecule has 1 unspecified atom stereocenters. The van der Waals surface area contributed by atoms with Crippen LogP contribution in [0.2, 0.25) is 0 Å². The van der Waals surface area contributed by atoms with Gasteiger partial charge < -0.3 is 19.7 Å². The lowest BCUT2D eigenvalue weighted by atomic mass is 9.96. The zero-order chi connectivity index (χ0) is 28.3. The van der Waals surface area contributed by atoms with Crippen LogP contribution in [-0.2, 0) is 27.8 Å². The molecule has 1 atom stereocenters. The topological polar surface area (TPSA) is 95.0 Å². The molecule has 2 amide bonds. The van der Waals surface area contributed by atoms with E-state index in [1.54, 1.807) is 24.3 Å². The number of para-hydroxylation sites is 2. The van der Waals surface area contributed by atoms with E-state index in [1.807, 2.05) is 59.0 Å². The number of amides is 2. The van der Waals surface area contributed by atoms with Crippen LogP contribution in [0.4, 0.5) is 17.1 Å². The van der Waals surface area contributed by atoms with Gasteiger partial charge in [-0.25, -0.2) is 8.42 Å². The first-order valence-corrected chi connectivity index (χ1v) is 15.6. The maximum atomic E-state index is 13.5. The fraction of sp³-hybridized carbons (Fsp3) is 0.290. The molecule has 3 aliphatic heterocycles.